The van der Waals surface area contributed by atoms with Crippen molar-refractivity contribution in [3.63, 3.8) is 0 Å². The second-order valence-electron chi connectivity index (χ2n) is 7.96. The lowest BCUT2D eigenvalue weighted by molar-refractivity contribution is -0.382. The molecule has 1 aromatic rings. The number of anilines is 1. The van der Waals surface area contributed by atoms with E-state index >= 15 is 0 Å². The van der Waals surface area contributed by atoms with Crippen LogP contribution in [-0.2, 0) is 30.6 Å². The Morgan fingerprint density at radius 1 is 1.00 bits per heavy atom. The molecule has 0 saturated heterocycles. The van der Waals surface area contributed by atoms with Gasteiger partial charge >= 0.3 is 39.4 Å². The molecule has 2 atom stereocenters. The zero-order chi connectivity index (χ0) is 30.7. The fourth-order valence-corrected chi connectivity index (χ4v) is 3.12. The number of rotatable bonds is 13. The highest BCUT2D eigenvalue weighted by Crippen LogP contribution is 2.42. The van der Waals surface area contributed by atoms with Gasteiger partial charge in [-0.2, -0.15) is 52.3 Å². The molecule has 0 aromatic heterocycles. The van der Waals surface area contributed by atoms with Crippen molar-refractivity contribution in [2.75, 3.05) is 11.9 Å². The van der Waals surface area contributed by atoms with Gasteiger partial charge in [-0.25, -0.2) is 0 Å². The minimum atomic E-state index is -6.55. The second-order valence-corrected chi connectivity index (χ2v) is 9.42. The maximum Gasteiger partial charge on any atom is 0.453 e. The fourth-order valence-electron chi connectivity index (χ4n) is 2.64. The zero-order valence-electron chi connectivity index (χ0n) is 19.5. The molecule has 0 fully saturated rings. The van der Waals surface area contributed by atoms with Crippen molar-refractivity contribution in [1.29, 1.82) is 0 Å². The number of aliphatic hydroxyl groups excluding tert-OH is 1. The minimum absolute atomic E-state index is 0.415. The van der Waals surface area contributed by atoms with E-state index in [4.69, 9.17) is 4.55 Å². The van der Waals surface area contributed by atoms with Gasteiger partial charge in [-0.15, -0.1) is 0 Å². The van der Waals surface area contributed by atoms with Crippen LogP contribution in [0.3, 0.4) is 0 Å². The Morgan fingerprint density at radius 2 is 1.51 bits per heavy atom. The lowest BCUT2D eigenvalue weighted by atomic mass is 10.1. The number of ether oxygens (including phenoxy) is 2. The first-order valence-electron chi connectivity index (χ1n) is 10.3. The molecular formula is C20H21F10NO7S. The van der Waals surface area contributed by atoms with Gasteiger partial charge in [-0.1, -0.05) is 6.58 Å². The summed E-state index contributed by atoms with van der Waals surface area (Å²) in [6.07, 6.45) is -17.2. The van der Waals surface area contributed by atoms with Crippen LogP contribution < -0.4 is 5.32 Å². The Morgan fingerprint density at radius 3 is 1.92 bits per heavy atom. The predicted molar refractivity (Wildman–Crippen MR) is 112 cm³/mol. The molecule has 0 saturated carbocycles. The lowest BCUT2D eigenvalue weighted by Gasteiger charge is -2.35. The van der Waals surface area contributed by atoms with E-state index in [1.54, 1.807) is 5.32 Å². The normalized spacial score (nSPS) is 15.9. The lowest BCUT2D eigenvalue weighted by Crippen LogP contribution is -2.60. The van der Waals surface area contributed by atoms with Gasteiger partial charge in [-0.05, 0) is 49.6 Å². The van der Waals surface area contributed by atoms with Crippen molar-refractivity contribution in [3.8, 4) is 0 Å². The summed E-state index contributed by atoms with van der Waals surface area (Å²) in [7, 11) is -6.55. The van der Waals surface area contributed by atoms with Gasteiger partial charge in [0.05, 0.1) is 12.2 Å². The quantitative estimate of drug-likeness (QED) is 0.0934. The van der Waals surface area contributed by atoms with E-state index in [2.05, 4.69) is 16.1 Å². The summed E-state index contributed by atoms with van der Waals surface area (Å²) in [5.41, 5.74) is -2.32. The molecule has 0 bridgehead atoms. The first kappa shape index (κ1) is 34.5. The molecule has 3 N–H and O–H groups in total. The van der Waals surface area contributed by atoms with Crippen LogP contribution in [0.25, 0.3) is 0 Å². The summed E-state index contributed by atoms with van der Waals surface area (Å²) in [6.45, 7) is 2.75. The number of alkyl halides is 10. The molecule has 0 aliphatic rings. The second kappa shape index (κ2) is 11.9. The van der Waals surface area contributed by atoms with Crippen LogP contribution in [0.4, 0.5) is 49.6 Å². The van der Waals surface area contributed by atoms with Crippen molar-refractivity contribution in [2.24, 2.45) is 0 Å². The molecule has 0 spiro atoms. The Kier molecular flexibility index (Phi) is 10.6. The predicted octanol–water partition coefficient (Wildman–Crippen LogP) is 5.12. The van der Waals surface area contributed by atoms with Gasteiger partial charge in [0.1, 0.15) is 0 Å². The Labute approximate surface area is 214 Å². The number of amides is 1. The molecule has 1 aromatic carbocycles. The maximum absolute atomic E-state index is 14.0. The molecule has 39 heavy (non-hydrogen) atoms. The smallest absolute Gasteiger partial charge is 0.364 e. The number of unbranched alkanes of at least 4 members (excludes halogenated alkanes) is 1. The Bertz CT molecular complexity index is 1120. The van der Waals surface area contributed by atoms with Crippen LogP contribution in [-0.4, -0.2) is 60.0 Å². The van der Waals surface area contributed by atoms with Gasteiger partial charge in [0, 0.05) is 12.1 Å². The number of carbonyl (C=O) groups excluding carboxylic acids is 1. The molecule has 2 unspecified atom stereocenters. The third kappa shape index (κ3) is 8.26. The van der Waals surface area contributed by atoms with E-state index in [0.717, 1.165) is 6.92 Å². The monoisotopic (exact) mass is 609 g/mol. The van der Waals surface area contributed by atoms with Crippen LogP contribution in [0.5, 0.6) is 0 Å². The number of carbonyl (C=O) groups is 1. The highest BCUT2D eigenvalue weighted by atomic mass is 32.2. The van der Waals surface area contributed by atoms with Gasteiger partial charge < -0.3 is 19.9 Å². The first-order chi connectivity index (χ1) is 17.4. The van der Waals surface area contributed by atoms with Gasteiger partial charge in [-0.3, -0.25) is 9.35 Å². The van der Waals surface area contributed by atoms with E-state index < -0.39 is 94.3 Å². The van der Waals surface area contributed by atoms with Crippen molar-refractivity contribution < 1.29 is 76.2 Å². The molecule has 0 radical (unpaired) electrons. The van der Waals surface area contributed by atoms with Crippen LogP contribution in [0.2, 0.25) is 0 Å². The van der Waals surface area contributed by atoms with E-state index in [1.165, 1.54) is 0 Å². The largest absolute Gasteiger partial charge is 0.453 e. The number of benzene rings is 1. The SMILES string of the molecule is C=C(C)C(O)OC(OCCCCC(F)(F)C(F)(F)S(=O)(=O)O)(C(=O)Nc1ccc(C(F)(F)F)cc1)C(F)(F)F. The van der Waals surface area contributed by atoms with Crippen molar-refractivity contribution in [3.05, 3.63) is 42.0 Å². The Balaban J connectivity index is 3.17. The molecule has 0 aliphatic heterocycles. The molecule has 19 heteroatoms. The number of aliphatic hydroxyl groups is 1. The molecule has 8 nitrogen and oxygen atoms in total. The van der Waals surface area contributed by atoms with Gasteiger partial charge in [0.2, 0.25) is 0 Å². The number of nitrogens with one attached hydrogen (secondary N) is 1. The van der Waals surface area contributed by atoms with E-state index in [-0.39, 0.29) is 0 Å². The van der Waals surface area contributed by atoms with Crippen LogP contribution in [0.1, 0.15) is 31.7 Å². The molecule has 0 heterocycles. The molecule has 224 valence electrons. The number of hydrogen-bond acceptors (Lipinski definition) is 6. The van der Waals surface area contributed by atoms with Gasteiger partial charge in [0.25, 0.3) is 5.91 Å². The molecule has 1 rings (SSSR count). The molecule has 1 amide bonds. The topological polar surface area (TPSA) is 122 Å². The average molecular weight is 609 g/mol. The molecule has 0 aliphatic carbocycles. The Hall–Kier alpha value is -2.48. The van der Waals surface area contributed by atoms with E-state index in [1.807, 2.05) is 0 Å². The standard InChI is InChI=1S/C20H21F10NO7S/c1-11(2)14(32)38-17(19(26,27)28,15(33)31-13-7-5-12(6-8-13)18(23,24)25)37-10-4-3-9-16(21,22)20(29,30)39(34,35)36/h5-8,14,32H,1,3-4,9-10H2,2H3,(H,31,33)(H,34,35,36). The highest BCUT2D eigenvalue weighted by molar-refractivity contribution is 7.87. The summed E-state index contributed by atoms with van der Waals surface area (Å²) < 4.78 is 172. The number of hydrogen-bond donors (Lipinski definition) is 3. The average Bonchev–Trinajstić information content (AvgIpc) is 2.75. The third-order valence-electron chi connectivity index (χ3n) is 4.78. The maximum atomic E-state index is 14.0. The van der Waals surface area contributed by atoms with Crippen LogP contribution >= 0.6 is 0 Å². The summed E-state index contributed by atoms with van der Waals surface area (Å²) in [5, 5.41) is 5.43. The minimum Gasteiger partial charge on any atom is -0.364 e. The first-order valence-corrected chi connectivity index (χ1v) is 11.8. The van der Waals surface area contributed by atoms with Crippen LogP contribution in [0, 0.1) is 0 Å². The highest BCUT2D eigenvalue weighted by Gasteiger charge is 2.66. The van der Waals surface area contributed by atoms with Crippen molar-refractivity contribution >= 4 is 21.7 Å². The van der Waals surface area contributed by atoms with E-state index in [0.29, 0.717) is 24.3 Å². The van der Waals surface area contributed by atoms with Crippen molar-refractivity contribution in [1.82, 2.24) is 0 Å². The summed E-state index contributed by atoms with van der Waals surface area (Å²) in [4.78, 5) is 12.6. The summed E-state index contributed by atoms with van der Waals surface area (Å²) >= 11 is 0. The summed E-state index contributed by atoms with van der Waals surface area (Å²) in [6, 6.07) is 1.98. The van der Waals surface area contributed by atoms with E-state index in [9.17, 15) is 62.2 Å². The van der Waals surface area contributed by atoms with Gasteiger partial charge in [0.15, 0.2) is 6.29 Å². The fraction of sp³-hybridized carbons (Fsp3) is 0.550. The molecular weight excluding hydrogens is 588 g/mol. The van der Waals surface area contributed by atoms with Crippen LogP contribution in [0.15, 0.2) is 36.4 Å². The zero-order valence-corrected chi connectivity index (χ0v) is 20.4. The summed E-state index contributed by atoms with van der Waals surface area (Å²) in [5.74, 6) is -12.0. The van der Waals surface area contributed by atoms with Crippen molar-refractivity contribution in [2.45, 2.75) is 61.8 Å². The third-order valence-corrected chi connectivity index (χ3v) is 5.73. The number of halogens is 10.